The zero-order valence-electron chi connectivity index (χ0n) is 19.0. The van der Waals surface area contributed by atoms with Gasteiger partial charge in [-0.15, -0.1) is 0 Å². The molecule has 0 aliphatic rings. The monoisotopic (exact) mass is 526 g/mol. The smallest absolute Gasteiger partial charge is 0.112 e. The molecule has 34 heavy (non-hydrogen) atoms. The quantitative estimate of drug-likeness (QED) is 0.284. The Balaban J connectivity index is 0.00000274. The molecule has 0 saturated heterocycles. The van der Waals surface area contributed by atoms with E-state index >= 15 is 0 Å². The van der Waals surface area contributed by atoms with Crippen LogP contribution in [0.3, 0.4) is 0 Å². The van der Waals surface area contributed by atoms with Crippen LogP contribution in [0.4, 0.5) is 0 Å². The molecule has 1 heterocycles. The standard InChI is InChI=1S/C30H28N2P.BrH/c1-5-13-26(14-6-1)24-32-25-31-23-27(32)21-22-33(28-15-7-2-8-16-28,29-17-9-3-10-18-29)30-19-11-4-12-20-30;/h1-20,23,25H,21-22,24H2;1H/q+1;/p-1. The number of imidazole rings is 1. The van der Waals surface area contributed by atoms with Crippen molar-refractivity contribution in [1.82, 2.24) is 9.55 Å². The van der Waals surface area contributed by atoms with E-state index in [1.54, 1.807) is 0 Å². The summed E-state index contributed by atoms with van der Waals surface area (Å²) >= 11 is 0. The average Bonchev–Trinajstić information content (AvgIpc) is 3.34. The summed E-state index contributed by atoms with van der Waals surface area (Å²) in [7, 11) is -1.84. The van der Waals surface area contributed by atoms with Gasteiger partial charge in [-0.05, 0) is 42.0 Å². The van der Waals surface area contributed by atoms with Gasteiger partial charge in [-0.1, -0.05) is 84.9 Å². The van der Waals surface area contributed by atoms with Crippen LogP contribution in [0.1, 0.15) is 11.3 Å². The lowest BCUT2D eigenvalue weighted by molar-refractivity contribution is -0.00000647. The first-order valence-corrected chi connectivity index (χ1v) is 13.4. The summed E-state index contributed by atoms with van der Waals surface area (Å²) < 4.78 is 2.30. The second-order valence-electron chi connectivity index (χ2n) is 8.29. The average molecular weight is 527 g/mol. The number of rotatable bonds is 8. The van der Waals surface area contributed by atoms with E-state index in [2.05, 4.69) is 131 Å². The molecule has 0 aliphatic heterocycles. The molecule has 1 aromatic heterocycles. The van der Waals surface area contributed by atoms with E-state index in [4.69, 9.17) is 0 Å². The molecule has 170 valence electrons. The third kappa shape index (κ3) is 5.06. The van der Waals surface area contributed by atoms with Gasteiger partial charge in [-0.3, -0.25) is 0 Å². The van der Waals surface area contributed by atoms with Gasteiger partial charge >= 0.3 is 0 Å². The highest BCUT2D eigenvalue weighted by Crippen LogP contribution is 2.55. The van der Waals surface area contributed by atoms with Crippen molar-refractivity contribution in [3.8, 4) is 0 Å². The van der Waals surface area contributed by atoms with Gasteiger partial charge in [0, 0.05) is 24.9 Å². The minimum absolute atomic E-state index is 0. The molecule has 0 amide bonds. The Morgan fingerprint density at radius 1 is 0.588 bits per heavy atom. The van der Waals surface area contributed by atoms with Gasteiger partial charge in [-0.2, -0.15) is 0 Å². The summed E-state index contributed by atoms with van der Waals surface area (Å²) in [5.74, 6) is 0. The summed E-state index contributed by atoms with van der Waals surface area (Å²) in [6.07, 6.45) is 6.04. The number of benzene rings is 4. The lowest BCUT2D eigenvalue weighted by atomic mass is 10.2. The minimum atomic E-state index is -1.84. The number of hydrogen-bond acceptors (Lipinski definition) is 1. The molecule has 4 aromatic carbocycles. The molecule has 0 atom stereocenters. The molecule has 5 aromatic rings. The van der Waals surface area contributed by atoms with Crippen molar-refractivity contribution in [3.63, 3.8) is 0 Å². The SMILES string of the molecule is [Br-].c1ccc(Cn2cncc2CC[P+](c2ccccc2)(c2ccccc2)c2ccccc2)cc1. The summed E-state index contributed by atoms with van der Waals surface area (Å²) in [6, 6.07) is 43.9. The van der Waals surface area contributed by atoms with Crippen molar-refractivity contribution >= 4 is 23.2 Å². The first-order chi connectivity index (χ1) is 16.4. The number of hydrogen-bond donors (Lipinski definition) is 0. The maximum absolute atomic E-state index is 4.51. The van der Waals surface area contributed by atoms with Crippen molar-refractivity contribution < 1.29 is 17.0 Å². The molecule has 0 spiro atoms. The van der Waals surface area contributed by atoms with E-state index in [0.29, 0.717) is 0 Å². The Morgan fingerprint density at radius 3 is 1.50 bits per heavy atom. The molecule has 0 bridgehead atoms. The Hall–Kier alpha value is -3.00. The van der Waals surface area contributed by atoms with Crippen LogP contribution < -0.4 is 32.9 Å². The predicted octanol–water partition coefficient (Wildman–Crippen LogP) is 2.47. The van der Waals surface area contributed by atoms with Crippen molar-refractivity contribution in [2.45, 2.75) is 13.0 Å². The summed E-state index contributed by atoms with van der Waals surface area (Å²) in [4.78, 5) is 4.51. The lowest BCUT2D eigenvalue weighted by Gasteiger charge is -2.28. The third-order valence-electron chi connectivity index (χ3n) is 6.29. The van der Waals surface area contributed by atoms with E-state index in [1.807, 2.05) is 12.5 Å². The van der Waals surface area contributed by atoms with Gasteiger partial charge in [0.1, 0.15) is 23.2 Å². The first kappa shape index (κ1) is 24.1. The van der Waals surface area contributed by atoms with Crippen molar-refractivity contribution in [2.75, 3.05) is 6.16 Å². The zero-order chi connectivity index (χ0) is 22.3. The molecule has 2 nitrogen and oxygen atoms in total. The second-order valence-corrected chi connectivity index (χ2v) is 11.9. The molecule has 5 rings (SSSR count). The molecular weight excluding hydrogens is 499 g/mol. The third-order valence-corrected chi connectivity index (χ3v) is 10.7. The Labute approximate surface area is 213 Å². The lowest BCUT2D eigenvalue weighted by Crippen LogP contribution is -3.00. The van der Waals surface area contributed by atoms with E-state index in [1.165, 1.54) is 27.2 Å². The molecule has 0 N–H and O–H groups in total. The van der Waals surface area contributed by atoms with Gasteiger partial charge in [-0.25, -0.2) is 4.98 Å². The molecule has 0 fully saturated rings. The molecule has 0 radical (unpaired) electrons. The van der Waals surface area contributed by atoms with Crippen molar-refractivity contribution in [1.29, 1.82) is 0 Å². The van der Waals surface area contributed by atoms with Gasteiger partial charge < -0.3 is 21.5 Å². The first-order valence-electron chi connectivity index (χ1n) is 11.4. The highest BCUT2D eigenvalue weighted by atomic mass is 79.9. The summed E-state index contributed by atoms with van der Waals surface area (Å²) in [5.41, 5.74) is 2.58. The number of aromatic nitrogens is 2. The van der Waals surface area contributed by atoms with Gasteiger partial charge in [0.15, 0.2) is 0 Å². The molecule has 0 aliphatic carbocycles. The van der Waals surface area contributed by atoms with Crippen LogP contribution in [-0.4, -0.2) is 15.7 Å². The molecular formula is C30H28BrN2P. The van der Waals surface area contributed by atoms with E-state index in [-0.39, 0.29) is 17.0 Å². The van der Waals surface area contributed by atoms with E-state index in [0.717, 1.165) is 19.1 Å². The predicted molar refractivity (Wildman–Crippen MR) is 141 cm³/mol. The van der Waals surface area contributed by atoms with Gasteiger partial charge in [0.2, 0.25) is 0 Å². The fourth-order valence-corrected chi connectivity index (χ4v) is 8.92. The highest BCUT2D eigenvalue weighted by molar-refractivity contribution is 7.95. The van der Waals surface area contributed by atoms with Crippen LogP contribution in [-0.2, 0) is 13.0 Å². The fourth-order valence-electron chi connectivity index (χ4n) is 4.64. The highest BCUT2D eigenvalue weighted by Gasteiger charge is 2.44. The van der Waals surface area contributed by atoms with Crippen molar-refractivity contribution in [2.24, 2.45) is 0 Å². The summed E-state index contributed by atoms with van der Waals surface area (Å²) in [6.45, 7) is 0.851. The molecule has 0 saturated carbocycles. The zero-order valence-corrected chi connectivity index (χ0v) is 21.5. The molecule has 0 unspecified atom stereocenters. The minimum Gasteiger partial charge on any atom is -1.00 e. The van der Waals surface area contributed by atoms with Crippen molar-refractivity contribution in [3.05, 3.63) is 145 Å². The van der Waals surface area contributed by atoms with E-state index in [9.17, 15) is 0 Å². The Bertz CT molecular complexity index is 1180. The van der Waals surface area contributed by atoms with Crippen LogP contribution >= 0.6 is 7.26 Å². The topological polar surface area (TPSA) is 17.8 Å². The van der Waals surface area contributed by atoms with Crippen LogP contribution in [0.5, 0.6) is 0 Å². The normalized spacial score (nSPS) is 11.1. The number of halogens is 1. The second kappa shape index (κ2) is 11.4. The van der Waals surface area contributed by atoms with Gasteiger partial charge in [0.25, 0.3) is 0 Å². The maximum atomic E-state index is 4.51. The van der Waals surface area contributed by atoms with E-state index < -0.39 is 7.26 Å². The number of nitrogens with zero attached hydrogens (tertiary/aromatic N) is 2. The number of aryl methyl sites for hydroxylation is 1. The van der Waals surface area contributed by atoms with Crippen LogP contribution in [0.15, 0.2) is 134 Å². The maximum Gasteiger partial charge on any atom is 0.112 e. The largest absolute Gasteiger partial charge is 1.00 e. The summed E-state index contributed by atoms with van der Waals surface area (Å²) in [5, 5.41) is 4.28. The Morgan fingerprint density at radius 2 is 1.03 bits per heavy atom. The van der Waals surface area contributed by atoms with Gasteiger partial charge in [0.05, 0.1) is 12.5 Å². The van der Waals surface area contributed by atoms with Crippen LogP contribution in [0, 0.1) is 0 Å². The van der Waals surface area contributed by atoms with Crippen LogP contribution in [0.25, 0.3) is 0 Å². The molecule has 4 heteroatoms. The van der Waals surface area contributed by atoms with Crippen LogP contribution in [0.2, 0.25) is 0 Å². The Kier molecular flexibility index (Phi) is 8.11. The fraction of sp³-hybridized carbons (Fsp3) is 0.100.